The van der Waals surface area contributed by atoms with Gasteiger partial charge in [-0.3, -0.25) is 9.59 Å². The summed E-state index contributed by atoms with van der Waals surface area (Å²) in [6.07, 6.45) is 6.86. The number of nitrogens with zero attached hydrogens (tertiary/aromatic N) is 2. The van der Waals surface area contributed by atoms with Crippen molar-refractivity contribution in [3.63, 3.8) is 0 Å². The molecule has 59 heavy (non-hydrogen) atoms. The van der Waals surface area contributed by atoms with Crippen LogP contribution in [0.4, 0.5) is 9.59 Å². The molecule has 17 nitrogen and oxygen atoms in total. The molecule has 18 heteroatoms. The zero-order chi connectivity index (χ0) is 43.0. The Morgan fingerprint density at radius 2 is 1.59 bits per heavy atom. The second kappa shape index (κ2) is 22.9. The fourth-order valence-electron chi connectivity index (χ4n) is 7.57. The van der Waals surface area contributed by atoms with Crippen molar-refractivity contribution in [1.29, 1.82) is 0 Å². The van der Waals surface area contributed by atoms with E-state index in [-0.39, 0.29) is 43.5 Å². The number of aliphatic hydroxyl groups excluding tert-OH is 2. The number of aromatic nitrogens is 2. The predicted octanol–water partition coefficient (Wildman–Crippen LogP) is 2.64. The van der Waals surface area contributed by atoms with Gasteiger partial charge in [-0.15, -0.1) is 0 Å². The molecule has 2 heterocycles. The second-order valence-electron chi connectivity index (χ2n) is 16.9. The number of alkyl carbamates (subject to hydrolysis) is 1. The molecule has 2 fully saturated rings. The van der Waals surface area contributed by atoms with Crippen LogP contribution in [0.5, 0.6) is 0 Å². The van der Waals surface area contributed by atoms with E-state index < -0.39 is 69.9 Å². The molecule has 330 valence electrons. The Hall–Kier alpha value is -4.26. The van der Waals surface area contributed by atoms with Crippen LogP contribution in [0.1, 0.15) is 103 Å². The van der Waals surface area contributed by atoms with Crippen molar-refractivity contribution in [3.8, 4) is 0 Å². The molecule has 8 N–H and O–H groups in total. The molecule has 0 radical (unpaired) electrons. The predicted molar refractivity (Wildman–Crippen MR) is 222 cm³/mol. The van der Waals surface area contributed by atoms with Crippen LogP contribution in [0.25, 0.3) is 0 Å². The van der Waals surface area contributed by atoms with Crippen molar-refractivity contribution >= 4 is 34.0 Å². The van der Waals surface area contributed by atoms with Gasteiger partial charge in [0.2, 0.25) is 21.8 Å². The number of sulfonamides is 1. The van der Waals surface area contributed by atoms with E-state index in [4.69, 9.17) is 4.74 Å². The summed E-state index contributed by atoms with van der Waals surface area (Å²) in [5, 5.41) is 33.8. The monoisotopic (exact) mass is 846 g/mol. The molecule has 2 aromatic rings. The van der Waals surface area contributed by atoms with Crippen LogP contribution in [0.3, 0.4) is 0 Å². The van der Waals surface area contributed by atoms with Crippen LogP contribution < -0.4 is 26.0 Å². The lowest BCUT2D eigenvalue weighted by Crippen LogP contribution is -2.59. The number of carbonyl (C=O) groups is 4. The van der Waals surface area contributed by atoms with Gasteiger partial charge in [-0.25, -0.2) is 27.7 Å². The molecule has 1 aliphatic heterocycles. The Morgan fingerprint density at radius 3 is 2.22 bits per heavy atom. The smallest absolute Gasteiger partial charge is 0.407 e. The standard InChI is InChI=1S/C41H66N8O9S/c1-5-20-59(56,57)44-26-32(50)24-36(51)33(21-28-12-8-6-9-13-28)46-38(53)35(23-31-25-42-27-43-31)47-37(52)34(22-29-14-10-7-11-15-29)48-39(54)49-18-16-30(17-19-49)45-40(55)58-41(2,3)4/h7,10-11,14-15,25,27-28,30,32-36,44,50-51H,5-6,8-9,12-13,16-24,26H2,1-4H3,(H,42,43)(H,45,55)(H,46,53)(H,47,52)(H,48,54)/t32-,33-,34-,35-,36-/m0/s1. The van der Waals surface area contributed by atoms with E-state index in [9.17, 15) is 37.8 Å². The zero-order valence-electron chi connectivity index (χ0n) is 35.0. The molecule has 0 unspecified atom stereocenters. The SMILES string of the molecule is CCCS(=O)(=O)NC[C@@H](O)C[C@H](O)[C@H](CC1CCCCC1)NC(=O)[C@H](Cc1cnc[nH]1)NC(=O)[C@H](Cc1ccccc1)NC(=O)N1CCC(NC(=O)OC(C)(C)C)CC1. The third-order valence-electron chi connectivity index (χ3n) is 10.6. The number of imidazole rings is 1. The maximum Gasteiger partial charge on any atom is 0.407 e. The molecular formula is C41H66N8O9S. The van der Waals surface area contributed by atoms with E-state index in [2.05, 4.69) is 36.0 Å². The van der Waals surface area contributed by atoms with Crippen molar-refractivity contribution in [3.05, 3.63) is 54.1 Å². The van der Waals surface area contributed by atoms with Gasteiger partial charge in [-0.2, -0.15) is 0 Å². The highest BCUT2D eigenvalue weighted by atomic mass is 32.2. The highest BCUT2D eigenvalue weighted by Gasteiger charge is 2.34. The molecular weight excluding hydrogens is 781 g/mol. The number of aromatic amines is 1. The number of amides is 5. The van der Waals surface area contributed by atoms with Crippen molar-refractivity contribution in [2.75, 3.05) is 25.4 Å². The fourth-order valence-corrected chi connectivity index (χ4v) is 8.69. The first kappa shape index (κ1) is 47.4. The van der Waals surface area contributed by atoms with Crippen LogP contribution >= 0.6 is 0 Å². The number of likely N-dealkylation sites (tertiary alicyclic amines) is 1. The zero-order valence-corrected chi connectivity index (χ0v) is 35.8. The van der Waals surface area contributed by atoms with Gasteiger partial charge in [-0.05, 0) is 57.9 Å². The number of nitrogens with one attached hydrogen (secondary N) is 6. The molecule has 5 atom stereocenters. The highest BCUT2D eigenvalue weighted by Crippen LogP contribution is 2.29. The lowest BCUT2D eigenvalue weighted by molar-refractivity contribution is -0.131. The summed E-state index contributed by atoms with van der Waals surface area (Å²) in [6, 6.07) is 5.52. The minimum Gasteiger partial charge on any atom is -0.444 e. The van der Waals surface area contributed by atoms with Gasteiger partial charge in [0.1, 0.15) is 17.7 Å². The number of ether oxygens (including phenoxy) is 1. The van der Waals surface area contributed by atoms with E-state index in [1.807, 2.05) is 30.3 Å². The summed E-state index contributed by atoms with van der Waals surface area (Å²) in [7, 11) is -3.58. The molecule has 4 rings (SSSR count). The maximum absolute atomic E-state index is 14.3. The summed E-state index contributed by atoms with van der Waals surface area (Å²) in [4.78, 5) is 63.1. The summed E-state index contributed by atoms with van der Waals surface area (Å²) in [6.45, 7) is 7.48. The first-order valence-electron chi connectivity index (χ1n) is 21.0. The Labute approximate surface area is 348 Å². The maximum atomic E-state index is 14.3. The van der Waals surface area contributed by atoms with Crippen molar-refractivity contribution in [2.45, 2.75) is 147 Å². The number of rotatable bonds is 20. The number of hydrogen-bond acceptors (Lipinski definition) is 10. The minimum absolute atomic E-state index is 0.0236. The Kier molecular flexibility index (Phi) is 18.4. The molecule has 1 saturated heterocycles. The summed E-state index contributed by atoms with van der Waals surface area (Å²) in [5.41, 5.74) is 0.712. The molecule has 1 saturated carbocycles. The lowest BCUT2D eigenvalue weighted by atomic mass is 9.83. The number of benzene rings is 1. The Bertz CT molecular complexity index is 1710. The fraction of sp³-hybridized carbons (Fsp3) is 0.683. The number of aliphatic hydroxyl groups is 2. The molecule has 0 bridgehead atoms. The average Bonchev–Trinajstić information content (AvgIpc) is 3.70. The summed E-state index contributed by atoms with van der Waals surface area (Å²) < 4.78 is 32.2. The van der Waals surface area contributed by atoms with Crippen molar-refractivity contribution in [1.82, 2.24) is 40.9 Å². The van der Waals surface area contributed by atoms with Crippen LogP contribution in [-0.2, 0) is 37.2 Å². The van der Waals surface area contributed by atoms with Crippen LogP contribution in [-0.4, -0.2) is 125 Å². The Morgan fingerprint density at radius 1 is 0.932 bits per heavy atom. The normalized spacial score (nSPS) is 18.2. The highest BCUT2D eigenvalue weighted by molar-refractivity contribution is 7.89. The average molecular weight is 847 g/mol. The van der Waals surface area contributed by atoms with Crippen molar-refractivity contribution < 1.29 is 42.5 Å². The number of H-pyrrole nitrogens is 1. The van der Waals surface area contributed by atoms with E-state index in [1.54, 1.807) is 38.8 Å². The van der Waals surface area contributed by atoms with E-state index in [0.29, 0.717) is 44.5 Å². The van der Waals surface area contributed by atoms with E-state index >= 15 is 0 Å². The van der Waals surface area contributed by atoms with Gasteiger partial charge in [-0.1, -0.05) is 69.4 Å². The molecule has 0 spiro atoms. The Balaban J connectivity index is 1.48. The first-order chi connectivity index (χ1) is 28.0. The number of hydrogen-bond donors (Lipinski definition) is 8. The summed E-state index contributed by atoms with van der Waals surface area (Å²) >= 11 is 0. The van der Waals surface area contributed by atoms with E-state index in [0.717, 1.165) is 37.7 Å². The van der Waals surface area contributed by atoms with Gasteiger partial charge in [0.15, 0.2) is 0 Å². The van der Waals surface area contributed by atoms with Gasteiger partial charge in [0.05, 0.1) is 30.3 Å². The minimum atomic E-state index is -3.58. The van der Waals surface area contributed by atoms with Crippen LogP contribution in [0.2, 0.25) is 0 Å². The van der Waals surface area contributed by atoms with Gasteiger partial charge in [0, 0.05) is 56.8 Å². The third-order valence-corrected chi connectivity index (χ3v) is 12.2. The lowest BCUT2D eigenvalue weighted by Gasteiger charge is -2.34. The quantitative estimate of drug-likeness (QED) is 0.0969. The van der Waals surface area contributed by atoms with Crippen LogP contribution in [0, 0.1) is 5.92 Å². The molecule has 1 aromatic heterocycles. The molecule has 5 amide bonds. The van der Waals surface area contributed by atoms with E-state index in [1.165, 1.54) is 6.33 Å². The largest absolute Gasteiger partial charge is 0.444 e. The van der Waals surface area contributed by atoms with Crippen molar-refractivity contribution in [2.24, 2.45) is 5.92 Å². The van der Waals surface area contributed by atoms with Gasteiger partial charge in [0.25, 0.3) is 0 Å². The topological polar surface area (TPSA) is 244 Å². The number of carbonyl (C=O) groups excluding carboxylic acids is 4. The molecule has 1 aromatic carbocycles. The summed E-state index contributed by atoms with van der Waals surface area (Å²) in [5.74, 6) is -1.04. The van der Waals surface area contributed by atoms with Crippen LogP contribution in [0.15, 0.2) is 42.9 Å². The van der Waals surface area contributed by atoms with Gasteiger partial charge >= 0.3 is 12.1 Å². The second-order valence-corrected chi connectivity index (χ2v) is 18.8. The third kappa shape index (κ3) is 17.1. The molecule has 2 aliphatic rings. The molecule has 1 aliphatic carbocycles. The van der Waals surface area contributed by atoms with Gasteiger partial charge < -0.3 is 46.1 Å². The number of piperidine rings is 1. The first-order valence-corrected chi connectivity index (χ1v) is 22.7. The number of urea groups is 1.